The molecule has 0 radical (unpaired) electrons. The van der Waals surface area contributed by atoms with Gasteiger partial charge in [0.1, 0.15) is 21.0 Å². The van der Waals surface area contributed by atoms with Gasteiger partial charge in [0.15, 0.2) is 0 Å². The molecule has 28 heavy (non-hydrogen) atoms. The van der Waals surface area contributed by atoms with Crippen LogP contribution in [0.4, 0.5) is 5.69 Å². The van der Waals surface area contributed by atoms with Gasteiger partial charge >= 0.3 is 0 Å². The van der Waals surface area contributed by atoms with Crippen LogP contribution in [0.3, 0.4) is 0 Å². The minimum atomic E-state index is -0.443. The fourth-order valence-electron chi connectivity index (χ4n) is 4.17. The number of nitrogens with zero attached hydrogens (tertiary/aromatic N) is 5. The zero-order valence-corrected chi connectivity index (χ0v) is 16.2. The van der Waals surface area contributed by atoms with E-state index in [1.54, 1.807) is 17.5 Å². The van der Waals surface area contributed by atoms with Gasteiger partial charge < -0.3 is 11.5 Å². The number of hydrogen-bond acceptors (Lipinski definition) is 8. The molecule has 0 atom stereocenters. The molecule has 1 aliphatic carbocycles. The molecular formula is C20H21N7S. The number of hydrogen-bond donors (Lipinski definition) is 2. The second-order valence-electron chi connectivity index (χ2n) is 7.22. The number of rotatable bonds is 2. The van der Waals surface area contributed by atoms with E-state index in [2.05, 4.69) is 27.0 Å². The largest absolute Gasteiger partial charge is 0.369 e. The highest BCUT2D eigenvalue weighted by Gasteiger charge is 2.42. The third-order valence-corrected chi connectivity index (χ3v) is 6.40. The fourth-order valence-corrected chi connectivity index (χ4v) is 5.07. The average molecular weight is 392 g/mol. The molecule has 0 unspecified atom stereocenters. The Bertz CT molecular complexity index is 1060. The summed E-state index contributed by atoms with van der Waals surface area (Å²) in [6, 6.07) is 12.1. The number of guanidine groups is 2. The van der Waals surface area contributed by atoms with Crippen molar-refractivity contribution in [2.24, 2.45) is 21.5 Å². The molecule has 2 aromatic heterocycles. The quantitative estimate of drug-likeness (QED) is 0.696. The number of aromatic nitrogens is 2. The van der Waals surface area contributed by atoms with Crippen molar-refractivity contribution in [2.75, 3.05) is 4.90 Å². The molecular weight excluding hydrogens is 370 g/mol. The Balaban J connectivity index is 1.59. The van der Waals surface area contributed by atoms with Crippen LogP contribution in [0.1, 0.15) is 32.1 Å². The van der Waals surface area contributed by atoms with Crippen molar-refractivity contribution in [3.63, 3.8) is 0 Å². The Kier molecular flexibility index (Phi) is 4.01. The van der Waals surface area contributed by atoms with Gasteiger partial charge in [-0.3, -0.25) is 4.90 Å². The monoisotopic (exact) mass is 391 g/mol. The van der Waals surface area contributed by atoms with Crippen LogP contribution in [-0.2, 0) is 0 Å². The smallest absolute Gasteiger partial charge is 0.220 e. The molecule has 2 aliphatic rings. The van der Waals surface area contributed by atoms with Gasteiger partial charge in [-0.25, -0.2) is 15.0 Å². The molecule has 1 fully saturated rings. The first-order chi connectivity index (χ1) is 13.6. The van der Waals surface area contributed by atoms with Gasteiger partial charge in [-0.15, -0.1) is 0 Å². The molecule has 1 spiro atoms. The highest BCUT2D eigenvalue weighted by Crippen LogP contribution is 2.40. The Hall–Kier alpha value is -3.00. The van der Waals surface area contributed by atoms with E-state index in [1.165, 1.54) is 6.42 Å². The van der Waals surface area contributed by atoms with Gasteiger partial charge in [-0.2, -0.15) is 4.99 Å². The van der Waals surface area contributed by atoms with Gasteiger partial charge in [0.05, 0.1) is 0 Å². The standard InChI is InChI=1S/C20H21N7S/c21-18-25-19(22)27(20(26-18)9-2-1-3-10-20)14-7-4-6-13(12-14)16-24-15-8-5-11-23-17(15)28-16/h4-8,11-12H,1-3,9-10H2,(H4,21,22,25,26). The summed E-state index contributed by atoms with van der Waals surface area (Å²) in [4.78, 5) is 21.1. The molecule has 3 aromatic rings. The summed E-state index contributed by atoms with van der Waals surface area (Å²) in [5.41, 5.74) is 14.8. The van der Waals surface area contributed by atoms with Gasteiger partial charge in [-0.1, -0.05) is 29.9 Å². The van der Waals surface area contributed by atoms with Gasteiger partial charge in [0.2, 0.25) is 11.9 Å². The molecule has 5 rings (SSSR count). The third-order valence-electron chi connectivity index (χ3n) is 5.37. The molecule has 3 heterocycles. The van der Waals surface area contributed by atoms with Crippen molar-refractivity contribution in [2.45, 2.75) is 37.8 Å². The van der Waals surface area contributed by atoms with E-state index in [4.69, 9.17) is 21.4 Å². The first kappa shape index (κ1) is 17.1. The summed E-state index contributed by atoms with van der Waals surface area (Å²) in [5.74, 6) is 0.668. The molecule has 0 bridgehead atoms. The number of fused-ring (bicyclic) bond motifs is 1. The average Bonchev–Trinajstić information content (AvgIpc) is 3.12. The molecule has 1 saturated carbocycles. The van der Waals surface area contributed by atoms with E-state index in [0.717, 1.165) is 52.3 Å². The summed E-state index contributed by atoms with van der Waals surface area (Å²) in [6.45, 7) is 0. The number of benzene rings is 1. The highest BCUT2D eigenvalue weighted by atomic mass is 32.1. The van der Waals surface area contributed by atoms with Crippen LogP contribution >= 0.6 is 11.3 Å². The minimum absolute atomic E-state index is 0.268. The van der Waals surface area contributed by atoms with Crippen LogP contribution in [0.15, 0.2) is 52.6 Å². The zero-order valence-electron chi connectivity index (χ0n) is 15.4. The Morgan fingerprint density at radius 1 is 1.04 bits per heavy atom. The maximum absolute atomic E-state index is 6.35. The summed E-state index contributed by atoms with van der Waals surface area (Å²) in [7, 11) is 0. The van der Waals surface area contributed by atoms with Crippen LogP contribution in [0, 0.1) is 0 Å². The molecule has 8 heteroatoms. The van der Waals surface area contributed by atoms with Crippen molar-refractivity contribution < 1.29 is 0 Å². The van der Waals surface area contributed by atoms with E-state index in [0.29, 0.717) is 5.96 Å². The van der Waals surface area contributed by atoms with Crippen LogP contribution in [0.5, 0.6) is 0 Å². The van der Waals surface area contributed by atoms with E-state index >= 15 is 0 Å². The van der Waals surface area contributed by atoms with Crippen molar-refractivity contribution in [1.29, 1.82) is 0 Å². The van der Waals surface area contributed by atoms with E-state index in [9.17, 15) is 0 Å². The lowest BCUT2D eigenvalue weighted by molar-refractivity contribution is 0.305. The Morgan fingerprint density at radius 2 is 1.89 bits per heavy atom. The van der Waals surface area contributed by atoms with Crippen molar-refractivity contribution in [3.05, 3.63) is 42.6 Å². The lowest BCUT2D eigenvalue weighted by atomic mass is 9.87. The lowest BCUT2D eigenvalue weighted by Gasteiger charge is -2.45. The third kappa shape index (κ3) is 2.80. The molecule has 1 aliphatic heterocycles. The first-order valence-electron chi connectivity index (χ1n) is 9.46. The van der Waals surface area contributed by atoms with Gasteiger partial charge in [-0.05, 0) is 49.9 Å². The number of pyridine rings is 1. The summed E-state index contributed by atoms with van der Waals surface area (Å²) in [6.07, 6.45) is 7.04. The second-order valence-corrected chi connectivity index (χ2v) is 8.19. The maximum Gasteiger partial charge on any atom is 0.220 e. The van der Waals surface area contributed by atoms with E-state index in [-0.39, 0.29) is 5.96 Å². The summed E-state index contributed by atoms with van der Waals surface area (Å²) < 4.78 is 0. The van der Waals surface area contributed by atoms with Gasteiger partial charge in [0, 0.05) is 17.4 Å². The van der Waals surface area contributed by atoms with Crippen LogP contribution < -0.4 is 16.4 Å². The molecule has 4 N–H and O–H groups in total. The summed E-state index contributed by atoms with van der Waals surface area (Å²) >= 11 is 1.58. The topological polar surface area (TPSA) is 106 Å². The van der Waals surface area contributed by atoms with Crippen molar-refractivity contribution >= 4 is 39.3 Å². The van der Waals surface area contributed by atoms with Crippen LogP contribution in [0.2, 0.25) is 0 Å². The predicted octanol–water partition coefficient (Wildman–Crippen LogP) is 3.47. The van der Waals surface area contributed by atoms with E-state index in [1.807, 2.05) is 24.3 Å². The molecule has 1 aromatic carbocycles. The van der Waals surface area contributed by atoms with Crippen LogP contribution in [-0.4, -0.2) is 27.5 Å². The highest BCUT2D eigenvalue weighted by molar-refractivity contribution is 7.21. The lowest BCUT2D eigenvalue weighted by Crippen LogP contribution is -2.58. The fraction of sp³-hybridized carbons (Fsp3) is 0.300. The zero-order chi connectivity index (χ0) is 19.1. The molecule has 142 valence electrons. The molecule has 0 saturated heterocycles. The van der Waals surface area contributed by atoms with Gasteiger partial charge in [0.25, 0.3) is 0 Å². The Morgan fingerprint density at radius 3 is 2.71 bits per heavy atom. The maximum atomic E-state index is 6.35. The number of thiazole rings is 1. The number of aliphatic imine (C=N–C) groups is 2. The predicted molar refractivity (Wildman–Crippen MR) is 114 cm³/mol. The van der Waals surface area contributed by atoms with Crippen molar-refractivity contribution in [1.82, 2.24) is 9.97 Å². The SMILES string of the molecule is NC1=NC2(CCCCC2)N(c2cccc(-c3nc4cccnc4s3)c2)C(N)=N1. The molecule has 0 amide bonds. The Labute approximate surface area is 166 Å². The van der Waals surface area contributed by atoms with Crippen LogP contribution in [0.25, 0.3) is 20.9 Å². The number of nitrogens with two attached hydrogens (primary N) is 2. The first-order valence-corrected chi connectivity index (χ1v) is 10.3. The number of anilines is 1. The van der Waals surface area contributed by atoms with Crippen molar-refractivity contribution in [3.8, 4) is 10.6 Å². The molecule has 7 nitrogen and oxygen atoms in total. The minimum Gasteiger partial charge on any atom is -0.369 e. The van der Waals surface area contributed by atoms with E-state index < -0.39 is 5.66 Å². The second kappa shape index (κ2) is 6.56. The summed E-state index contributed by atoms with van der Waals surface area (Å²) in [5, 5.41) is 0.934. The normalized spacial score (nSPS) is 18.9.